The first-order valence-electron chi connectivity index (χ1n) is 7.77. The van der Waals surface area contributed by atoms with Crippen LogP contribution in [0.15, 0.2) is 18.2 Å². The van der Waals surface area contributed by atoms with Crippen LogP contribution in [0.5, 0.6) is 5.75 Å². The molecule has 1 heterocycles. The lowest BCUT2D eigenvalue weighted by Crippen LogP contribution is -2.41. The van der Waals surface area contributed by atoms with Crippen LogP contribution >= 0.6 is 11.6 Å². The zero-order valence-corrected chi connectivity index (χ0v) is 16.0. The smallest absolute Gasteiger partial charge is 0.425 e. The van der Waals surface area contributed by atoms with Crippen molar-refractivity contribution in [2.24, 2.45) is 0 Å². The third-order valence-corrected chi connectivity index (χ3v) is 3.36. The normalized spacial score (nSPS) is 11.1. The number of aromatic nitrogens is 2. The SMILES string of the molecule is COc1c(-c2ccc(F)cc2F)nc(Cl)nc1N(C(=O)O)C(=O)OC(C)(C)C. The van der Waals surface area contributed by atoms with Gasteiger partial charge in [-0.2, -0.15) is 9.88 Å². The third-order valence-electron chi connectivity index (χ3n) is 3.19. The van der Waals surface area contributed by atoms with E-state index in [2.05, 4.69) is 9.97 Å². The van der Waals surface area contributed by atoms with Gasteiger partial charge in [0.15, 0.2) is 11.6 Å². The second-order valence-corrected chi connectivity index (χ2v) is 6.76. The molecule has 0 aliphatic heterocycles. The molecular weight excluding hydrogens is 400 g/mol. The van der Waals surface area contributed by atoms with Crippen LogP contribution in [0.1, 0.15) is 20.8 Å². The monoisotopic (exact) mass is 415 g/mol. The lowest BCUT2D eigenvalue weighted by molar-refractivity contribution is 0.0580. The highest BCUT2D eigenvalue weighted by Crippen LogP contribution is 2.38. The lowest BCUT2D eigenvalue weighted by atomic mass is 10.1. The molecule has 0 spiro atoms. The van der Waals surface area contributed by atoms with Gasteiger partial charge >= 0.3 is 12.2 Å². The first-order valence-corrected chi connectivity index (χ1v) is 8.15. The first-order chi connectivity index (χ1) is 12.9. The molecule has 0 saturated carbocycles. The molecule has 0 aliphatic rings. The van der Waals surface area contributed by atoms with Crippen molar-refractivity contribution in [3.8, 4) is 17.0 Å². The van der Waals surface area contributed by atoms with Crippen molar-refractivity contribution in [2.75, 3.05) is 12.0 Å². The van der Waals surface area contributed by atoms with Gasteiger partial charge in [0.05, 0.1) is 7.11 Å². The minimum absolute atomic E-state index is 0.155. The van der Waals surface area contributed by atoms with E-state index >= 15 is 0 Å². The summed E-state index contributed by atoms with van der Waals surface area (Å²) in [6.07, 6.45) is -3.02. The van der Waals surface area contributed by atoms with Crippen molar-refractivity contribution >= 4 is 29.6 Å². The Balaban J connectivity index is 2.71. The summed E-state index contributed by atoms with van der Waals surface area (Å²) in [5.41, 5.74) is -1.52. The number of anilines is 1. The van der Waals surface area contributed by atoms with Crippen molar-refractivity contribution in [3.63, 3.8) is 0 Å². The number of benzene rings is 1. The zero-order chi connectivity index (χ0) is 21.2. The molecule has 0 fully saturated rings. The highest BCUT2D eigenvalue weighted by molar-refractivity contribution is 6.28. The number of halogens is 3. The molecule has 1 N–H and O–H groups in total. The van der Waals surface area contributed by atoms with Gasteiger partial charge in [-0.25, -0.2) is 23.4 Å². The number of carbonyl (C=O) groups is 2. The largest absolute Gasteiger partial charge is 0.491 e. The van der Waals surface area contributed by atoms with Crippen LogP contribution in [-0.4, -0.2) is 40.0 Å². The Morgan fingerprint density at radius 3 is 2.36 bits per heavy atom. The summed E-state index contributed by atoms with van der Waals surface area (Å²) in [5.74, 6) is -2.79. The van der Waals surface area contributed by atoms with Gasteiger partial charge in [-0.1, -0.05) is 0 Å². The van der Waals surface area contributed by atoms with Crippen molar-refractivity contribution < 1.29 is 33.0 Å². The van der Waals surface area contributed by atoms with Gasteiger partial charge in [0.2, 0.25) is 5.28 Å². The average molecular weight is 416 g/mol. The van der Waals surface area contributed by atoms with E-state index in [0.717, 1.165) is 19.2 Å². The molecule has 8 nitrogen and oxygen atoms in total. The van der Waals surface area contributed by atoms with E-state index in [4.69, 9.17) is 21.1 Å². The summed E-state index contributed by atoms with van der Waals surface area (Å²) in [5, 5.41) is 9.00. The van der Waals surface area contributed by atoms with Gasteiger partial charge in [-0.15, -0.1) is 0 Å². The number of methoxy groups -OCH3 is 1. The molecule has 150 valence electrons. The zero-order valence-electron chi connectivity index (χ0n) is 15.3. The molecule has 28 heavy (non-hydrogen) atoms. The number of carboxylic acid groups (broad SMARTS) is 1. The summed E-state index contributed by atoms with van der Waals surface area (Å²) < 4.78 is 37.6. The second-order valence-electron chi connectivity index (χ2n) is 6.42. The molecule has 0 saturated heterocycles. The van der Waals surface area contributed by atoms with E-state index in [-0.39, 0.29) is 21.9 Å². The van der Waals surface area contributed by atoms with Crippen molar-refractivity contribution in [1.29, 1.82) is 0 Å². The Morgan fingerprint density at radius 2 is 1.86 bits per heavy atom. The number of rotatable bonds is 3. The van der Waals surface area contributed by atoms with Crippen molar-refractivity contribution in [3.05, 3.63) is 35.1 Å². The van der Waals surface area contributed by atoms with Crippen LogP contribution in [0.2, 0.25) is 5.28 Å². The van der Waals surface area contributed by atoms with Gasteiger partial charge < -0.3 is 14.6 Å². The molecule has 0 radical (unpaired) electrons. The van der Waals surface area contributed by atoms with Crippen LogP contribution in [0, 0.1) is 11.6 Å². The molecule has 11 heteroatoms. The second kappa shape index (κ2) is 7.93. The Bertz CT molecular complexity index is 934. The predicted molar refractivity (Wildman–Crippen MR) is 95.7 cm³/mol. The number of amides is 2. The molecule has 2 rings (SSSR count). The third kappa shape index (κ3) is 4.63. The van der Waals surface area contributed by atoms with Crippen LogP contribution < -0.4 is 9.64 Å². The lowest BCUT2D eigenvalue weighted by Gasteiger charge is -2.25. The van der Waals surface area contributed by atoms with Crippen LogP contribution in [0.25, 0.3) is 11.3 Å². The Hall–Kier alpha value is -3.01. The highest BCUT2D eigenvalue weighted by Gasteiger charge is 2.34. The quantitative estimate of drug-likeness (QED) is 0.736. The fourth-order valence-corrected chi connectivity index (χ4v) is 2.34. The first kappa shape index (κ1) is 21.3. The summed E-state index contributed by atoms with van der Waals surface area (Å²) in [6, 6.07) is 2.64. The average Bonchev–Trinajstić information content (AvgIpc) is 2.52. The van der Waals surface area contributed by atoms with Crippen LogP contribution in [0.4, 0.5) is 24.2 Å². The van der Waals surface area contributed by atoms with E-state index in [1.165, 1.54) is 20.8 Å². The number of hydrogen-bond acceptors (Lipinski definition) is 6. The van der Waals surface area contributed by atoms with Crippen molar-refractivity contribution in [1.82, 2.24) is 9.97 Å². The van der Waals surface area contributed by atoms with Gasteiger partial charge in [0.1, 0.15) is 22.9 Å². The van der Waals surface area contributed by atoms with E-state index in [1.807, 2.05) is 0 Å². The van der Waals surface area contributed by atoms with Gasteiger partial charge in [0, 0.05) is 11.6 Å². The van der Waals surface area contributed by atoms with Gasteiger partial charge in [0.25, 0.3) is 0 Å². The molecule has 1 aromatic heterocycles. The van der Waals surface area contributed by atoms with E-state index in [0.29, 0.717) is 6.07 Å². The molecule has 0 atom stereocenters. The standard InChI is InChI=1S/C17H16ClF2N3O5/c1-17(2,3)28-16(26)23(15(24)25)13-12(27-4)11(21-14(18)22-13)9-6-5-8(19)7-10(9)20/h5-7H,1-4H3,(H,24,25). The van der Waals surface area contributed by atoms with E-state index in [9.17, 15) is 23.5 Å². The maximum atomic E-state index is 14.2. The molecule has 1 aromatic carbocycles. The van der Waals surface area contributed by atoms with Gasteiger partial charge in [-0.3, -0.25) is 0 Å². The van der Waals surface area contributed by atoms with Crippen LogP contribution in [0.3, 0.4) is 0 Å². The van der Waals surface area contributed by atoms with E-state index < -0.39 is 40.5 Å². The molecular formula is C17H16ClF2N3O5. The topological polar surface area (TPSA) is 102 Å². The summed E-state index contributed by atoms with van der Waals surface area (Å²) >= 11 is 5.85. The minimum atomic E-state index is -1.74. The fourth-order valence-electron chi connectivity index (χ4n) is 2.18. The summed E-state index contributed by atoms with van der Waals surface area (Å²) in [4.78, 5) is 31.8. The molecule has 2 amide bonds. The maximum absolute atomic E-state index is 14.2. The van der Waals surface area contributed by atoms with Crippen LogP contribution in [-0.2, 0) is 4.74 Å². The Kier molecular flexibility index (Phi) is 6.03. The number of carbonyl (C=O) groups excluding carboxylic acids is 1. The Morgan fingerprint density at radius 1 is 1.21 bits per heavy atom. The molecule has 2 aromatic rings. The summed E-state index contributed by atoms with van der Waals surface area (Å²) in [7, 11) is 1.14. The number of nitrogens with zero attached hydrogens (tertiary/aromatic N) is 3. The number of imide groups is 1. The Labute approximate surface area is 163 Å². The molecule has 0 bridgehead atoms. The maximum Gasteiger partial charge on any atom is 0.425 e. The summed E-state index contributed by atoms with van der Waals surface area (Å²) in [6.45, 7) is 4.61. The molecule has 0 unspecified atom stereocenters. The highest BCUT2D eigenvalue weighted by atomic mass is 35.5. The fraction of sp³-hybridized carbons (Fsp3) is 0.294. The van der Waals surface area contributed by atoms with E-state index in [1.54, 1.807) is 0 Å². The number of ether oxygens (including phenoxy) is 2. The predicted octanol–water partition coefficient (Wildman–Crippen LogP) is 4.50. The van der Waals surface area contributed by atoms with Gasteiger partial charge in [-0.05, 0) is 44.5 Å². The number of hydrogen-bond donors (Lipinski definition) is 1. The van der Waals surface area contributed by atoms with Crippen molar-refractivity contribution in [2.45, 2.75) is 26.4 Å². The minimum Gasteiger partial charge on any atom is -0.491 e. The molecule has 0 aliphatic carbocycles.